The average Bonchev–Trinajstić information content (AvgIpc) is 3.54. The highest BCUT2D eigenvalue weighted by molar-refractivity contribution is 5.70. The molecule has 0 heterocycles. The van der Waals surface area contributed by atoms with Crippen LogP contribution in [0.5, 0.6) is 0 Å². The van der Waals surface area contributed by atoms with Crippen molar-refractivity contribution in [3.05, 3.63) is 146 Å². The van der Waals surface area contributed by atoms with Crippen molar-refractivity contribution in [3.63, 3.8) is 0 Å². The third kappa shape index (κ3) is 74.2. The molecule has 0 aromatic rings. The Morgan fingerprint density at radius 2 is 0.455 bits per heavy atom. The van der Waals surface area contributed by atoms with E-state index < -0.39 is 6.10 Å². The smallest absolute Gasteiger partial charge is 0.306 e. The van der Waals surface area contributed by atoms with Crippen molar-refractivity contribution in [2.24, 2.45) is 0 Å². The summed E-state index contributed by atoms with van der Waals surface area (Å²) in [5.41, 5.74) is 0. The molecular weight excluding hydrogens is 1080 g/mol. The quantitative estimate of drug-likeness (QED) is 0.0373. The molecule has 0 radical (unpaired) electrons. The van der Waals surface area contributed by atoms with Gasteiger partial charge >= 0.3 is 11.9 Å². The van der Waals surface area contributed by atoms with E-state index in [1.807, 2.05) is 0 Å². The van der Waals surface area contributed by atoms with Crippen LogP contribution in [0.15, 0.2) is 146 Å². The molecule has 0 saturated carbocycles. The van der Waals surface area contributed by atoms with E-state index in [9.17, 15) is 14.7 Å². The lowest BCUT2D eigenvalue weighted by Crippen LogP contribution is -2.28. The fraction of sp³-hybridized carbons (Fsp3) is 0.687. The van der Waals surface area contributed by atoms with E-state index >= 15 is 0 Å². The van der Waals surface area contributed by atoms with Gasteiger partial charge in [0, 0.05) is 12.8 Å². The number of carbonyl (C=O) groups excluding carboxylic acids is 2. The lowest BCUT2D eigenvalue weighted by molar-refractivity contribution is -0.161. The molecule has 0 aromatic carbocycles. The number of allylic oxidation sites excluding steroid dienone is 24. The Hall–Kier alpha value is -4.22. The fourth-order valence-corrected chi connectivity index (χ4v) is 10.6. The van der Waals surface area contributed by atoms with Crippen LogP contribution in [-0.4, -0.2) is 36.4 Å². The summed E-state index contributed by atoms with van der Waals surface area (Å²) in [4.78, 5) is 24.7. The van der Waals surface area contributed by atoms with Gasteiger partial charge in [-0.2, -0.15) is 0 Å². The SMILES string of the molecule is CC/C=C\C/C=C\C/C=C\C/C=C\C/C=C\C/C=C\C/C=C\CCCCCCCCCCCCCCCC(=O)OC(CO)COC(=O)CCCCCCCCCCCCCCCCCCCCCCCCC/C=C\C/C=C\C/C=C\C/C=C\C/C=C\CC. The molecule has 0 amide bonds. The molecule has 502 valence electrons. The monoisotopic (exact) mass is 1220 g/mol. The predicted octanol–water partition coefficient (Wildman–Crippen LogP) is 26.4. The van der Waals surface area contributed by atoms with Crippen molar-refractivity contribution in [2.45, 2.75) is 354 Å². The lowest BCUT2D eigenvalue weighted by Gasteiger charge is -2.15. The molecule has 0 aliphatic carbocycles. The largest absolute Gasteiger partial charge is 0.462 e. The number of carbonyl (C=O) groups is 2. The number of hydrogen-bond acceptors (Lipinski definition) is 5. The zero-order chi connectivity index (χ0) is 63.3. The molecule has 0 aliphatic rings. The van der Waals surface area contributed by atoms with E-state index in [4.69, 9.17) is 9.47 Å². The molecule has 5 heteroatoms. The standard InChI is InChI=1S/C83H140O5/c1-3-5-7-9-11-13-15-17-19-21-23-25-27-29-31-33-35-37-39-40-41-42-44-45-47-49-51-53-55-57-59-61-63-65-67-69-71-73-75-77-82(85)87-80-81(79-84)88-83(86)78-76-74-72-70-68-66-64-62-60-58-56-54-52-50-48-46-43-38-36-34-32-30-28-26-24-22-20-18-16-14-12-10-8-6-4-2/h5-8,11-14,17-20,23-26,29-32,36,38,46,48,81,84H,3-4,9-10,15-16,21-22,27-28,33-35,37,39-45,47,49-80H2,1-2H3/b7-5-,8-6-,13-11-,14-12-,19-17-,20-18-,25-23-,26-24-,31-29-,32-30-,38-36-,48-46-. The van der Waals surface area contributed by atoms with Crippen LogP contribution >= 0.6 is 0 Å². The minimum Gasteiger partial charge on any atom is -0.462 e. The minimum absolute atomic E-state index is 0.0684. The molecule has 1 N–H and O–H groups in total. The topological polar surface area (TPSA) is 72.8 Å². The second kappa shape index (κ2) is 77.0. The summed E-state index contributed by atoms with van der Waals surface area (Å²) in [7, 11) is 0. The third-order valence-corrected chi connectivity index (χ3v) is 16.1. The van der Waals surface area contributed by atoms with E-state index in [1.165, 1.54) is 205 Å². The summed E-state index contributed by atoms with van der Waals surface area (Å²) < 4.78 is 10.8. The van der Waals surface area contributed by atoms with Crippen LogP contribution in [0.2, 0.25) is 0 Å². The Morgan fingerprint density at radius 1 is 0.261 bits per heavy atom. The Balaban J connectivity index is 3.46. The van der Waals surface area contributed by atoms with Gasteiger partial charge in [0.2, 0.25) is 0 Å². The first-order valence-corrected chi connectivity index (χ1v) is 37.4. The van der Waals surface area contributed by atoms with Crippen LogP contribution in [0, 0.1) is 0 Å². The summed E-state index contributed by atoms with van der Waals surface area (Å²) in [5, 5.41) is 9.72. The van der Waals surface area contributed by atoms with Crippen LogP contribution in [0.25, 0.3) is 0 Å². The number of aliphatic hydroxyl groups excluding tert-OH is 1. The van der Waals surface area contributed by atoms with Crippen molar-refractivity contribution in [1.29, 1.82) is 0 Å². The Labute approximate surface area is 546 Å². The molecule has 5 nitrogen and oxygen atoms in total. The molecule has 0 rings (SSSR count). The summed E-state index contributed by atoms with van der Waals surface area (Å²) in [6, 6.07) is 0. The van der Waals surface area contributed by atoms with Gasteiger partial charge in [-0.25, -0.2) is 0 Å². The van der Waals surface area contributed by atoms with Gasteiger partial charge in [0.15, 0.2) is 6.10 Å². The highest BCUT2D eigenvalue weighted by Crippen LogP contribution is 2.18. The van der Waals surface area contributed by atoms with Crippen molar-refractivity contribution < 1.29 is 24.2 Å². The second-order valence-corrected chi connectivity index (χ2v) is 24.6. The average molecular weight is 1220 g/mol. The first-order chi connectivity index (χ1) is 43.6. The molecule has 0 aliphatic heterocycles. The zero-order valence-electron chi connectivity index (χ0n) is 57.7. The Bertz CT molecular complexity index is 1810. The lowest BCUT2D eigenvalue weighted by atomic mass is 10.0. The number of hydrogen-bond donors (Lipinski definition) is 1. The van der Waals surface area contributed by atoms with E-state index in [0.29, 0.717) is 12.8 Å². The molecule has 1 unspecified atom stereocenters. The normalized spacial score (nSPS) is 13.1. The van der Waals surface area contributed by atoms with Gasteiger partial charge in [-0.1, -0.05) is 365 Å². The molecule has 0 spiro atoms. The van der Waals surface area contributed by atoms with Crippen LogP contribution in [-0.2, 0) is 19.1 Å². The summed E-state index contributed by atoms with van der Waals surface area (Å²) in [6.45, 7) is 3.94. The number of aliphatic hydroxyl groups is 1. The Morgan fingerprint density at radius 3 is 0.682 bits per heavy atom. The highest BCUT2D eigenvalue weighted by atomic mass is 16.6. The van der Waals surface area contributed by atoms with Gasteiger partial charge in [0.25, 0.3) is 0 Å². The number of unbranched alkanes of at least 4 members (excludes halogenated alkanes) is 36. The maximum Gasteiger partial charge on any atom is 0.306 e. The van der Waals surface area contributed by atoms with Crippen LogP contribution in [0.3, 0.4) is 0 Å². The second-order valence-electron chi connectivity index (χ2n) is 24.6. The summed E-state index contributed by atoms with van der Waals surface area (Å²) in [5.74, 6) is -0.583. The molecule has 0 bridgehead atoms. The maximum absolute atomic E-state index is 12.4. The van der Waals surface area contributed by atoms with Crippen molar-refractivity contribution in [3.8, 4) is 0 Å². The van der Waals surface area contributed by atoms with Crippen molar-refractivity contribution >= 4 is 11.9 Å². The Kier molecular flexibility index (Phi) is 73.3. The highest BCUT2D eigenvalue weighted by Gasteiger charge is 2.16. The van der Waals surface area contributed by atoms with Gasteiger partial charge < -0.3 is 14.6 Å². The van der Waals surface area contributed by atoms with Crippen molar-refractivity contribution in [2.75, 3.05) is 13.2 Å². The number of ether oxygens (including phenoxy) is 2. The van der Waals surface area contributed by atoms with Crippen LogP contribution < -0.4 is 0 Å². The van der Waals surface area contributed by atoms with Gasteiger partial charge in [0.05, 0.1) is 6.61 Å². The van der Waals surface area contributed by atoms with E-state index in [1.54, 1.807) is 0 Å². The molecule has 0 saturated heterocycles. The van der Waals surface area contributed by atoms with Gasteiger partial charge in [-0.05, 0) is 116 Å². The van der Waals surface area contributed by atoms with Gasteiger partial charge in [-0.15, -0.1) is 0 Å². The van der Waals surface area contributed by atoms with Crippen LogP contribution in [0.1, 0.15) is 348 Å². The summed E-state index contributed by atoms with van der Waals surface area (Å²) in [6.07, 6.45) is 116. The zero-order valence-corrected chi connectivity index (χ0v) is 57.7. The van der Waals surface area contributed by atoms with Gasteiger partial charge in [0.1, 0.15) is 6.61 Å². The van der Waals surface area contributed by atoms with Gasteiger partial charge in [-0.3, -0.25) is 9.59 Å². The third-order valence-electron chi connectivity index (χ3n) is 16.1. The van der Waals surface area contributed by atoms with E-state index in [2.05, 4.69) is 160 Å². The first-order valence-electron chi connectivity index (χ1n) is 37.4. The number of rotatable bonds is 68. The fourth-order valence-electron chi connectivity index (χ4n) is 10.6. The summed E-state index contributed by atoms with van der Waals surface area (Å²) >= 11 is 0. The molecule has 1 atom stereocenters. The van der Waals surface area contributed by atoms with E-state index in [-0.39, 0.29) is 25.2 Å². The number of esters is 2. The molecule has 88 heavy (non-hydrogen) atoms. The van der Waals surface area contributed by atoms with Crippen LogP contribution in [0.4, 0.5) is 0 Å². The van der Waals surface area contributed by atoms with E-state index in [0.717, 1.165) is 116 Å². The molecule has 0 aromatic heterocycles. The molecular formula is C83H140O5. The first kappa shape index (κ1) is 83.8. The maximum atomic E-state index is 12.4. The molecule has 0 fully saturated rings. The minimum atomic E-state index is -0.780. The predicted molar refractivity (Wildman–Crippen MR) is 389 cm³/mol. The van der Waals surface area contributed by atoms with Crippen molar-refractivity contribution in [1.82, 2.24) is 0 Å².